The first-order valence-corrected chi connectivity index (χ1v) is 11.2. The third-order valence-corrected chi connectivity index (χ3v) is 6.10. The molecule has 2 aromatic heterocycles. The standard InChI is InChI=1S/C24H23F3N6O2/c25-24(26,27)18-9-5-4-8-17(18)15-32-19-20(29-22(32)31-12-10-28-11-13-31)33(23(35)30-21(19)34)14-16-6-2-1-3-7-16/h1-9,28H,10-15H2,(H,30,34,35). The van der Waals surface area contributed by atoms with Gasteiger partial charge in [0.2, 0.25) is 5.95 Å². The number of anilines is 1. The summed E-state index contributed by atoms with van der Waals surface area (Å²) in [5.74, 6) is 0.358. The Bertz CT molecular complexity index is 1470. The van der Waals surface area contributed by atoms with Crippen molar-refractivity contribution in [3.8, 4) is 0 Å². The van der Waals surface area contributed by atoms with Crippen LogP contribution in [0.15, 0.2) is 64.2 Å². The Morgan fingerprint density at radius 2 is 1.57 bits per heavy atom. The lowest BCUT2D eigenvalue weighted by Gasteiger charge is -2.29. The SMILES string of the molecule is O=c1[nH]c(=O)n(Cc2ccccc2)c2nc(N3CCNCC3)n(Cc3ccccc3C(F)(F)F)c12. The minimum Gasteiger partial charge on any atom is -0.340 e. The number of nitrogens with zero attached hydrogens (tertiary/aromatic N) is 4. The maximum atomic E-state index is 13.7. The number of hydrogen-bond acceptors (Lipinski definition) is 5. The molecule has 35 heavy (non-hydrogen) atoms. The van der Waals surface area contributed by atoms with Crippen molar-refractivity contribution >= 4 is 17.1 Å². The molecule has 0 amide bonds. The van der Waals surface area contributed by atoms with E-state index in [1.165, 1.54) is 27.3 Å². The fraction of sp³-hybridized carbons (Fsp3) is 0.292. The minimum absolute atomic E-state index is 0.0101. The van der Waals surface area contributed by atoms with E-state index in [0.29, 0.717) is 32.1 Å². The van der Waals surface area contributed by atoms with Crippen molar-refractivity contribution in [1.29, 1.82) is 0 Å². The molecular formula is C24H23F3N6O2. The first-order chi connectivity index (χ1) is 16.8. The topological polar surface area (TPSA) is 87.9 Å². The van der Waals surface area contributed by atoms with Gasteiger partial charge in [0.15, 0.2) is 11.2 Å². The molecule has 2 N–H and O–H groups in total. The van der Waals surface area contributed by atoms with E-state index < -0.39 is 23.0 Å². The summed E-state index contributed by atoms with van der Waals surface area (Å²) in [6.45, 7) is 2.38. The van der Waals surface area contributed by atoms with E-state index in [1.807, 2.05) is 35.2 Å². The molecule has 0 radical (unpaired) electrons. The highest BCUT2D eigenvalue weighted by Gasteiger charge is 2.34. The van der Waals surface area contributed by atoms with Crippen molar-refractivity contribution in [2.45, 2.75) is 19.3 Å². The predicted molar refractivity (Wildman–Crippen MR) is 126 cm³/mol. The third kappa shape index (κ3) is 4.46. The van der Waals surface area contributed by atoms with E-state index in [1.54, 1.807) is 0 Å². The molecule has 1 aliphatic heterocycles. The van der Waals surface area contributed by atoms with Crippen LogP contribution < -0.4 is 21.5 Å². The molecule has 1 aliphatic rings. The molecule has 0 atom stereocenters. The normalized spacial score (nSPS) is 14.5. The number of piperazine rings is 1. The summed E-state index contributed by atoms with van der Waals surface area (Å²) >= 11 is 0. The number of H-pyrrole nitrogens is 1. The summed E-state index contributed by atoms with van der Waals surface area (Å²) in [7, 11) is 0. The molecule has 0 spiro atoms. The van der Waals surface area contributed by atoms with Gasteiger partial charge in [-0.05, 0) is 17.2 Å². The Hall–Kier alpha value is -3.86. The van der Waals surface area contributed by atoms with Gasteiger partial charge in [-0.15, -0.1) is 0 Å². The van der Waals surface area contributed by atoms with E-state index in [0.717, 1.165) is 11.6 Å². The van der Waals surface area contributed by atoms with Crippen LogP contribution in [0.1, 0.15) is 16.7 Å². The van der Waals surface area contributed by atoms with E-state index in [2.05, 4.69) is 15.3 Å². The summed E-state index contributed by atoms with van der Waals surface area (Å²) < 4.78 is 44.0. The third-order valence-electron chi connectivity index (χ3n) is 6.10. The van der Waals surface area contributed by atoms with Crippen molar-refractivity contribution in [3.63, 3.8) is 0 Å². The average Bonchev–Trinajstić information content (AvgIpc) is 3.22. The van der Waals surface area contributed by atoms with Crippen molar-refractivity contribution < 1.29 is 13.2 Å². The number of alkyl halides is 3. The monoisotopic (exact) mass is 484 g/mol. The number of imidazole rings is 1. The van der Waals surface area contributed by atoms with Crippen LogP contribution in [0.5, 0.6) is 0 Å². The lowest BCUT2D eigenvalue weighted by Crippen LogP contribution is -2.44. The number of aromatic nitrogens is 4. The second-order valence-electron chi connectivity index (χ2n) is 8.39. The number of hydrogen-bond donors (Lipinski definition) is 2. The number of aromatic amines is 1. The van der Waals surface area contributed by atoms with Crippen LogP contribution in [0.25, 0.3) is 11.2 Å². The first-order valence-electron chi connectivity index (χ1n) is 11.2. The number of benzene rings is 2. The highest BCUT2D eigenvalue weighted by Crippen LogP contribution is 2.33. The second-order valence-corrected chi connectivity index (χ2v) is 8.39. The van der Waals surface area contributed by atoms with Gasteiger partial charge in [0.1, 0.15) is 0 Å². The Morgan fingerprint density at radius 1 is 0.886 bits per heavy atom. The van der Waals surface area contributed by atoms with Crippen LogP contribution in [0.4, 0.5) is 19.1 Å². The average molecular weight is 484 g/mol. The molecule has 1 saturated heterocycles. The molecule has 0 saturated carbocycles. The van der Waals surface area contributed by atoms with E-state index in [-0.39, 0.29) is 29.8 Å². The van der Waals surface area contributed by atoms with Crippen molar-refractivity contribution in [2.75, 3.05) is 31.1 Å². The van der Waals surface area contributed by atoms with Crippen LogP contribution in [-0.4, -0.2) is 45.3 Å². The fourth-order valence-electron chi connectivity index (χ4n) is 4.43. The van der Waals surface area contributed by atoms with E-state index in [4.69, 9.17) is 0 Å². The highest BCUT2D eigenvalue weighted by molar-refractivity contribution is 5.75. The summed E-state index contributed by atoms with van der Waals surface area (Å²) in [5, 5.41) is 3.23. The number of rotatable bonds is 5. The van der Waals surface area contributed by atoms with Gasteiger partial charge < -0.3 is 10.2 Å². The van der Waals surface area contributed by atoms with Crippen LogP contribution in [0.3, 0.4) is 0 Å². The number of halogens is 3. The van der Waals surface area contributed by atoms with Gasteiger partial charge in [0.05, 0.1) is 18.7 Å². The Kier molecular flexibility index (Phi) is 5.93. The van der Waals surface area contributed by atoms with E-state index in [9.17, 15) is 22.8 Å². The van der Waals surface area contributed by atoms with Crippen LogP contribution in [-0.2, 0) is 19.3 Å². The van der Waals surface area contributed by atoms with Gasteiger partial charge in [-0.3, -0.25) is 18.9 Å². The second kappa shape index (κ2) is 9.06. The number of fused-ring (bicyclic) bond motifs is 1. The molecule has 1 fully saturated rings. The summed E-state index contributed by atoms with van der Waals surface area (Å²) in [6, 6.07) is 14.5. The lowest BCUT2D eigenvalue weighted by molar-refractivity contribution is -0.138. The highest BCUT2D eigenvalue weighted by atomic mass is 19.4. The van der Waals surface area contributed by atoms with Gasteiger partial charge in [0.25, 0.3) is 5.56 Å². The smallest absolute Gasteiger partial charge is 0.340 e. The van der Waals surface area contributed by atoms with Gasteiger partial charge in [-0.1, -0.05) is 48.5 Å². The fourth-order valence-corrected chi connectivity index (χ4v) is 4.43. The molecule has 0 bridgehead atoms. The van der Waals surface area contributed by atoms with Gasteiger partial charge in [-0.2, -0.15) is 18.2 Å². The quantitative estimate of drug-likeness (QED) is 0.454. The number of nitrogens with one attached hydrogen (secondary N) is 2. The zero-order valence-corrected chi connectivity index (χ0v) is 18.7. The molecule has 0 aliphatic carbocycles. The lowest BCUT2D eigenvalue weighted by atomic mass is 10.1. The summed E-state index contributed by atoms with van der Waals surface area (Å²) in [5.41, 5.74) is -1.06. The largest absolute Gasteiger partial charge is 0.416 e. The summed E-state index contributed by atoms with van der Waals surface area (Å²) in [4.78, 5) is 34.7. The van der Waals surface area contributed by atoms with Crippen molar-refractivity contribution in [1.82, 2.24) is 24.4 Å². The molecule has 4 aromatic rings. The molecule has 0 unspecified atom stereocenters. The maximum absolute atomic E-state index is 13.7. The molecule has 5 rings (SSSR count). The zero-order valence-electron chi connectivity index (χ0n) is 18.7. The first kappa shape index (κ1) is 22.9. The molecule has 3 heterocycles. The molecule has 11 heteroatoms. The Balaban J connectivity index is 1.72. The van der Waals surface area contributed by atoms with Crippen molar-refractivity contribution in [2.24, 2.45) is 0 Å². The zero-order chi connectivity index (χ0) is 24.6. The Labute approximate surface area is 197 Å². The van der Waals surface area contributed by atoms with Gasteiger partial charge >= 0.3 is 11.9 Å². The molecule has 8 nitrogen and oxygen atoms in total. The molecule has 182 valence electrons. The molecular weight excluding hydrogens is 461 g/mol. The minimum atomic E-state index is -4.55. The molecule has 2 aromatic carbocycles. The van der Waals surface area contributed by atoms with Crippen LogP contribution in [0, 0.1) is 0 Å². The maximum Gasteiger partial charge on any atom is 0.416 e. The van der Waals surface area contributed by atoms with Crippen LogP contribution in [0.2, 0.25) is 0 Å². The van der Waals surface area contributed by atoms with Crippen molar-refractivity contribution in [3.05, 3.63) is 92.1 Å². The predicted octanol–water partition coefficient (Wildman–Crippen LogP) is 2.41. The Morgan fingerprint density at radius 3 is 2.29 bits per heavy atom. The van der Waals surface area contributed by atoms with Crippen LogP contribution >= 0.6 is 0 Å². The van der Waals surface area contributed by atoms with Gasteiger partial charge in [0, 0.05) is 26.2 Å². The summed E-state index contributed by atoms with van der Waals surface area (Å²) in [6.07, 6.45) is -4.55. The van der Waals surface area contributed by atoms with Gasteiger partial charge in [-0.25, -0.2) is 4.79 Å². The van der Waals surface area contributed by atoms with E-state index >= 15 is 0 Å².